The summed E-state index contributed by atoms with van der Waals surface area (Å²) in [4.78, 5) is 14.9. The Morgan fingerprint density at radius 2 is 1.55 bits per heavy atom. The van der Waals surface area contributed by atoms with E-state index in [9.17, 15) is 13.2 Å². The molecule has 4 fully saturated rings. The molecule has 0 N–H and O–H groups in total. The van der Waals surface area contributed by atoms with Crippen LogP contribution in [0, 0.1) is 17.8 Å². The third kappa shape index (κ3) is 3.91. The van der Waals surface area contributed by atoms with Crippen molar-refractivity contribution in [1.82, 2.24) is 14.5 Å². The summed E-state index contributed by atoms with van der Waals surface area (Å²) >= 11 is 1.55. The number of sulfonamides is 1. The van der Waals surface area contributed by atoms with E-state index in [0.29, 0.717) is 23.8 Å². The van der Waals surface area contributed by atoms with E-state index >= 15 is 0 Å². The zero-order chi connectivity index (χ0) is 23.4. The molecule has 1 aromatic carbocycles. The van der Waals surface area contributed by atoms with Gasteiger partial charge in [-0.05, 0) is 80.5 Å². The van der Waals surface area contributed by atoms with Crippen molar-refractivity contribution in [2.75, 3.05) is 25.0 Å². The number of benzene rings is 1. The van der Waals surface area contributed by atoms with Crippen molar-refractivity contribution >= 4 is 32.4 Å². The molecule has 6 rings (SSSR count). The number of aromatic nitrogens is 2. The Kier molecular flexibility index (Phi) is 5.86. The highest BCUT2D eigenvalue weighted by Crippen LogP contribution is 2.61. The Morgan fingerprint density at radius 3 is 2.06 bits per heavy atom. The molecule has 0 spiro atoms. The SMILES string of the molecule is CCN(CC)S(=O)(=O)c1ccc(C(=O)N(C)c2nnc(C34CC5CC(CC(C5)C3)C4)s2)cc1. The van der Waals surface area contributed by atoms with Gasteiger partial charge in [-0.25, -0.2) is 8.42 Å². The van der Waals surface area contributed by atoms with Gasteiger partial charge in [0.2, 0.25) is 15.2 Å². The first-order valence-electron chi connectivity index (χ1n) is 12.0. The summed E-state index contributed by atoms with van der Waals surface area (Å²) in [5.41, 5.74) is 0.595. The lowest BCUT2D eigenvalue weighted by Crippen LogP contribution is -2.48. The fourth-order valence-electron chi connectivity index (χ4n) is 6.70. The van der Waals surface area contributed by atoms with Crippen LogP contribution in [0.1, 0.15) is 67.7 Å². The molecule has 33 heavy (non-hydrogen) atoms. The van der Waals surface area contributed by atoms with Crippen LogP contribution in [0.2, 0.25) is 0 Å². The Hall–Kier alpha value is -1.84. The quantitative estimate of drug-likeness (QED) is 0.580. The largest absolute Gasteiger partial charge is 0.286 e. The number of rotatable bonds is 7. The number of carbonyl (C=O) groups excluding carboxylic acids is 1. The van der Waals surface area contributed by atoms with Gasteiger partial charge in [-0.15, -0.1) is 10.2 Å². The standard InChI is InChI=1S/C24H32N4O3S2/c1-4-28(5-2)33(30,31)20-8-6-19(7-9-20)21(29)27(3)23-26-25-22(32-23)24-13-16-10-17(14-24)12-18(11-16)15-24/h6-9,16-18H,4-5,10-15H2,1-3H3. The Bertz CT molecular complexity index is 1100. The summed E-state index contributed by atoms with van der Waals surface area (Å²) in [6.07, 6.45) is 7.78. The summed E-state index contributed by atoms with van der Waals surface area (Å²) in [5.74, 6) is 2.27. The lowest BCUT2D eigenvalue weighted by molar-refractivity contribution is -0.00555. The summed E-state index contributed by atoms with van der Waals surface area (Å²) in [6.45, 7) is 4.44. The number of amides is 1. The van der Waals surface area contributed by atoms with E-state index < -0.39 is 10.0 Å². The first kappa shape index (κ1) is 22.9. The molecular formula is C24H32N4O3S2. The lowest BCUT2D eigenvalue weighted by atomic mass is 9.50. The predicted molar refractivity (Wildman–Crippen MR) is 129 cm³/mol. The van der Waals surface area contributed by atoms with Gasteiger partial charge in [0, 0.05) is 31.1 Å². The highest BCUT2D eigenvalue weighted by Gasteiger charge is 2.53. The van der Waals surface area contributed by atoms with E-state index in [4.69, 9.17) is 0 Å². The first-order chi connectivity index (χ1) is 15.8. The zero-order valence-corrected chi connectivity index (χ0v) is 21.2. The van der Waals surface area contributed by atoms with Crippen LogP contribution in [-0.4, -0.2) is 49.0 Å². The molecule has 4 saturated carbocycles. The van der Waals surface area contributed by atoms with Gasteiger partial charge in [0.1, 0.15) is 5.01 Å². The molecule has 0 saturated heterocycles. The highest BCUT2D eigenvalue weighted by atomic mass is 32.2. The third-order valence-electron chi connectivity index (χ3n) is 7.94. The summed E-state index contributed by atoms with van der Waals surface area (Å²) in [6, 6.07) is 6.18. The molecule has 7 nitrogen and oxygen atoms in total. The number of hydrogen-bond donors (Lipinski definition) is 0. The van der Waals surface area contributed by atoms with Crippen molar-refractivity contribution in [3.05, 3.63) is 34.8 Å². The topological polar surface area (TPSA) is 83.5 Å². The van der Waals surface area contributed by atoms with Gasteiger partial charge >= 0.3 is 0 Å². The molecule has 178 valence electrons. The average Bonchev–Trinajstić information content (AvgIpc) is 3.29. The second kappa shape index (κ2) is 8.43. The van der Waals surface area contributed by atoms with Gasteiger partial charge < -0.3 is 0 Å². The molecule has 4 aliphatic carbocycles. The van der Waals surface area contributed by atoms with Crippen LogP contribution in [0.3, 0.4) is 0 Å². The van der Waals surface area contributed by atoms with Gasteiger partial charge in [-0.2, -0.15) is 4.31 Å². The van der Waals surface area contributed by atoms with Crippen LogP contribution in [0.25, 0.3) is 0 Å². The van der Waals surface area contributed by atoms with Crippen molar-refractivity contribution in [3.8, 4) is 0 Å². The molecule has 4 aliphatic rings. The van der Waals surface area contributed by atoms with Crippen LogP contribution in [0.5, 0.6) is 0 Å². The number of nitrogens with zero attached hydrogens (tertiary/aromatic N) is 4. The average molecular weight is 489 g/mol. The molecule has 1 aromatic heterocycles. The number of hydrogen-bond acceptors (Lipinski definition) is 6. The van der Waals surface area contributed by atoms with E-state index in [2.05, 4.69) is 10.2 Å². The van der Waals surface area contributed by atoms with E-state index in [1.807, 2.05) is 13.8 Å². The molecule has 0 radical (unpaired) electrons. The van der Waals surface area contributed by atoms with Gasteiger partial charge in [-0.1, -0.05) is 25.2 Å². The van der Waals surface area contributed by atoms with Crippen molar-refractivity contribution in [2.45, 2.75) is 62.7 Å². The Morgan fingerprint density at radius 1 is 1.00 bits per heavy atom. The fraction of sp³-hybridized carbons (Fsp3) is 0.625. The molecule has 1 heterocycles. The second-order valence-electron chi connectivity index (χ2n) is 10.1. The van der Waals surface area contributed by atoms with Crippen LogP contribution in [-0.2, 0) is 15.4 Å². The van der Waals surface area contributed by atoms with E-state index in [1.165, 1.54) is 59.9 Å². The van der Waals surface area contributed by atoms with Crippen LogP contribution in [0.15, 0.2) is 29.2 Å². The second-order valence-corrected chi connectivity index (χ2v) is 13.0. The maximum absolute atomic E-state index is 13.1. The maximum Gasteiger partial charge on any atom is 0.259 e. The summed E-state index contributed by atoms with van der Waals surface area (Å²) in [5, 5.41) is 10.7. The number of carbonyl (C=O) groups is 1. The lowest BCUT2D eigenvalue weighted by Gasteiger charge is -2.55. The van der Waals surface area contributed by atoms with Crippen molar-refractivity contribution in [2.24, 2.45) is 17.8 Å². The van der Waals surface area contributed by atoms with Gasteiger partial charge in [0.05, 0.1) is 4.90 Å². The van der Waals surface area contributed by atoms with Gasteiger partial charge in [0.25, 0.3) is 5.91 Å². The van der Waals surface area contributed by atoms with Crippen LogP contribution >= 0.6 is 11.3 Å². The molecule has 9 heteroatoms. The third-order valence-corrected chi connectivity index (χ3v) is 11.3. The van der Waals surface area contributed by atoms with E-state index in [-0.39, 0.29) is 16.2 Å². The normalized spacial score (nSPS) is 28.4. The van der Waals surface area contributed by atoms with Gasteiger partial charge in [0.15, 0.2) is 0 Å². The van der Waals surface area contributed by atoms with Crippen molar-refractivity contribution in [3.63, 3.8) is 0 Å². The first-order valence-corrected chi connectivity index (χ1v) is 14.2. The molecule has 4 bridgehead atoms. The van der Waals surface area contributed by atoms with Crippen molar-refractivity contribution in [1.29, 1.82) is 0 Å². The van der Waals surface area contributed by atoms with Crippen LogP contribution < -0.4 is 4.90 Å². The Labute approximate surface area is 200 Å². The predicted octanol–water partition coefficient (Wildman–Crippen LogP) is 4.31. The highest BCUT2D eigenvalue weighted by molar-refractivity contribution is 7.89. The summed E-state index contributed by atoms with van der Waals surface area (Å²) in [7, 11) is -1.83. The van der Waals surface area contributed by atoms with Crippen molar-refractivity contribution < 1.29 is 13.2 Å². The molecule has 0 atom stereocenters. The minimum absolute atomic E-state index is 0.162. The van der Waals surface area contributed by atoms with E-state index in [1.54, 1.807) is 30.5 Å². The smallest absolute Gasteiger partial charge is 0.259 e. The monoisotopic (exact) mass is 488 g/mol. The fourth-order valence-corrected chi connectivity index (χ4v) is 9.18. The molecule has 0 unspecified atom stereocenters. The van der Waals surface area contributed by atoms with E-state index in [0.717, 1.165) is 22.8 Å². The molecule has 2 aromatic rings. The minimum atomic E-state index is -3.55. The molecule has 0 aliphatic heterocycles. The van der Waals surface area contributed by atoms with Crippen LogP contribution in [0.4, 0.5) is 5.13 Å². The Balaban J connectivity index is 1.33. The maximum atomic E-state index is 13.1. The molecule has 1 amide bonds. The molecular weight excluding hydrogens is 456 g/mol. The summed E-state index contributed by atoms with van der Waals surface area (Å²) < 4.78 is 26.8. The minimum Gasteiger partial charge on any atom is -0.286 e. The number of anilines is 1. The van der Waals surface area contributed by atoms with Gasteiger partial charge in [-0.3, -0.25) is 9.69 Å². The zero-order valence-electron chi connectivity index (χ0n) is 19.5.